The number of carbonyl (C=O) groups is 1. The monoisotopic (exact) mass is 388 g/mol. The molecule has 0 radical (unpaired) electrons. The Balaban J connectivity index is 1.72. The summed E-state index contributed by atoms with van der Waals surface area (Å²) in [5, 5.41) is 0. The molecule has 0 N–H and O–H groups in total. The Morgan fingerprint density at radius 2 is 1.70 bits per heavy atom. The molecule has 140 valence electrons. The summed E-state index contributed by atoms with van der Waals surface area (Å²) in [4.78, 5) is 14.4. The van der Waals surface area contributed by atoms with Crippen molar-refractivity contribution in [1.29, 1.82) is 0 Å². The number of aryl methyl sites for hydroxylation is 3. The molecule has 0 saturated heterocycles. The summed E-state index contributed by atoms with van der Waals surface area (Å²) in [6.07, 6.45) is -3.29. The Bertz CT molecular complexity index is 952. The van der Waals surface area contributed by atoms with Crippen molar-refractivity contribution in [2.45, 2.75) is 32.9 Å². The SMILES string of the molecule is Cc1cccc(C(=O)CCc2sc(-c3ccc(C(F)(F)F)cc3)cc2C)c1. The van der Waals surface area contributed by atoms with E-state index in [-0.39, 0.29) is 5.78 Å². The van der Waals surface area contributed by atoms with Crippen molar-refractivity contribution < 1.29 is 18.0 Å². The van der Waals surface area contributed by atoms with Crippen LogP contribution in [0.2, 0.25) is 0 Å². The second kappa shape index (κ2) is 7.69. The molecule has 0 aliphatic rings. The zero-order chi connectivity index (χ0) is 19.6. The van der Waals surface area contributed by atoms with E-state index in [1.807, 2.05) is 44.2 Å². The molecule has 5 heteroatoms. The van der Waals surface area contributed by atoms with E-state index in [9.17, 15) is 18.0 Å². The predicted octanol–water partition coefficient (Wildman–Crippen LogP) is 6.87. The largest absolute Gasteiger partial charge is 0.416 e. The molecule has 0 aliphatic carbocycles. The highest BCUT2D eigenvalue weighted by Gasteiger charge is 2.30. The summed E-state index contributed by atoms with van der Waals surface area (Å²) < 4.78 is 38.1. The van der Waals surface area contributed by atoms with Gasteiger partial charge in [-0.05, 0) is 55.7 Å². The van der Waals surface area contributed by atoms with Crippen LogP contribution in [0, 0.1) is 13.8 Å². The van der Waals surface area contributed by atoms with Gasteiger partial charge in [-0.2, -0.15) is 13.2 Å². The first kappa shape index (κ1) is 19.4. The molecule has 3 aromatic rings. The van der Waals surface area contributed by atoms with Crippen molar-refractivity contribution in [1.82, 2.24) is 0 Å². The number of hydrogen-bond donors (Lipinski definition) is 0. The first-order valence-electron chi connectivity index (χ1n) is 8.61. The molecule has 2 aromatic carbocycles. The van der Waals surface area contributed by atoms with Crippen LogP contribution in [0.4, 0.5) is 13.2 Å². The number of carbonyl (C=O) groups excluding carboxylic acids is 1. The normalized spacial score (nSPS) is 11.6. The fraction of sp³-hybridized carbons (Fsp3) is 0.227. The van der Waals surface area contributed by atoms with Gasteiger partial charge in [0.25, 0.3) is 0 Å². The average molecular weight is 388 g/mol. The average Bonchev–Trinajstić information content (AvgIpc) is 3.00. The summed E-state index contributed by atoms with van der Waals surface area (Å²) in [6.45, 7) is 3.92. The van der Waals surface area contributed by atoms with E-state index in [0.717, 1.165) is 38.6 Å². The summed E-state index contributed by atoms with van der Waals surface area (Å²) in [5.41, 5.74) is 2.94. The van der Waals surface area contributed by atoms with E-state index in [4.69, 9.17) is 0 Å². The van der Waals surface area contributed by atoms with Crippen molar-refractivity contribution in [3.05, 3.63) is 81.7 Å². The number of thiophene rings is 1. The molecule has 1 nitrogen and oxygen atoms in total. The van der Waals surface area contributed by atoms with E-state index in [2.05, 4.69) is 0 Å². The molecule has 0 amide bonds. The minimum atomic E-state index is -4.33. The van der Waals surface area contributed by atoms with Crippen molar-refractivity contribution in [3.8, 4) is 10.4 Å². The van der Waals surface area contributed by atoms with Crippen LogP contribution < -0.4 is 0 Å². The van der Waals surface area contributed by atoms with Gasteiger partial charge < -0.3 is 0 Å². The lowest BCUT2D eigenvalue weighted by molar-refractivity contribution is -0.137. The Morgan fingerprint density at radius 3 is 2.33 bits per heavy atom. The maximum absolute atomic E-state index is 12.7. The Morgan fingerprint density at radius 1 is 1.00 bits per heavy atom. The maximum atomic E-state index is 12.7. The maximum Gasteiger partial charge on any atom is 0.416 e. The van der Waals surface area contributed by atoms with Gasteiger partial charge in [-0.25, -0.2) is 0 Å². The fourth-order valence-electron chi connectivity index (χ4n) is 2.92. The zero-order valence-electron chi connectivity index (χ0n) is 15.1. The molecule has 1 aromatic heterocycles. The van der Waals surface area contributed by atoms with Crippen LogP contribution in [0.1, 0.15) is 38.3 Å². The molecule has 3 rings (SSSR count). The third-order valence-corrected chi connectivity index (χ3v) is 5.78. The Hall–Kier alpha value is -2.40. The number of halogens is 3. The van der Waals surface area contributed by atoms with Gasteiger partial charge in [-0.15, -0.1) is 11.3 Å². The quantitative estimate of drug-likeness (QED) is 0.436. The van der Waals surface area contributed by atoms with Gasteiger partial charge in [-0.3, -0.25) is 4.79 Å². The molecule has 0 spiro atoms. The van der Waals surface area contributed by atoms with Crippen LogP contribution in [0.3, 0.4) is 0 Å². The van der Waals surface area contributed by atoms with Gasteiger partial charge in [0, 0.05) is 21.7 Å². The minimum absolute atomic E-state index is 0.0996. The van der Waals surface area contributed by atoms with E-state index in [1.54, 1.807) is 0 Å². The van der Waals surface area contributed by atoms with E-state index in [0.29, 0.717) is 18.4 Å². The van der Waals surface area contributed by atoms with Crippen molar-refractivity contribution >= 4 is 17.1 Å². The molecule has 0 fully saturated rings. The number of benzene rings is 2. The zero-order valence-corrected chi connectivity index (χ0v) is 15.9. The van der Waals surface area contributed by atoms with Crippen molar-refractivity contribution in [2.24, 2.45) is 0 Å². The van der Waals surface area contributed by atoms with Crippen molar-refractivity contribution in [3.63, 3.8) is 0 Å². The summed E-state index contributed by atoms with van der Waals surface area (Å²) in [6, 6.07) is 14.7. The number of rotatable bonds is 5. The second-order valence-corrected chi connectivity index (χ2v) is 7.72. The topological polar surface area (TPSA) is 17.1 Å². The van der Waals surface area contributed by atoms with Crippen LogP contribution in [-0.2, 0) is 12.6 Å². The highest BCUT2D eigenvalue weighted by molar-refractivity contribution is 7.15. The van der Waals surface area contributed by atoms with Gasteiger partial charge in [0.05, 0.1) is 5.56 Å². The smallest absolute Gasteiger partial charge is 0.294 e. The lowest BCUT2D eigenvalue weighted by Crippen LogP contribution is -2.03. The second-order valence-electron chi connectivity index (χ2n) is 6.58. The van der Waals surface area contributed by atoms with Crippen LogP contribution in [-0.4, -0.2) is 5.78 Å². The molecular formula is C22H19F3OS. The molecule has 0 bridgehead atoms. The summed E-state index contributed by atoms with van der Waals surface area (Å²) in [7, 11) is 0. The third kappa shape index (κ3) is 4.66. The summed E-state index contributed by atoms with van der Waals surface area (Å²) in [5.74, 6) is 0.0996. The van der Waals surface area contributed by atoms with Gasteiger partial charge >= 0.3 is 6.18 Å². The van der Waals surface area contributed by atoms with E-state index >= 15 is 0 Å². The number of alkyl halides is 3. The Kier molecular flexibility index (Phi) is 5.51. The number of hydrogen-bond acceptors (Lipinski definition) is 2. The van der Waals surface area contributed by atoms with Gasteiger partial charge in [0.15, 0.2) is 5.78 Å². The minimum Gasteiger partial charge on any atom is -0.294 e. The van der Waals surface area contributed by atoms with Crippen molar-refractivity contribution in [2.75, 3.05) is 0 Å². The van der Waals surface area contributed by atoms with Gasteiger partial charge in [0.1, 0.15) is 0 Å². The molecule has 27 heavy (non-hydrogen) atoms. The van der Waals surface area contributed by atoms with Crippen LogP contribution in [0.25, 0.3) is 10.4 Å². The first-order chi connectivity index (χ1) is 12.7. The standard InChI is InChI=1S/C22H19F3OS/c1-14-4-3-5-17(12-14)19(26)10-11-20-15(2)13-21(27-20)16-6-8-18(9-7-16)22(23,24)25/h3-9,12-13H,10-11H2,1-2H3. The first-order valence-corrected chi connectivity index (χ1v) is 9.42. The molecule has 1 heterocycles. The highest BCUT2D eigenvalue weighted by Crippen LogP contribution is 2.35. The molecule has 0 aliphatic heterocycles. The summed E-state index contributed by atoms with van der Waals surface area (Å²) >= 11 is 1.53. The lowest BCUT2D eigenvalue weighted by atomic mass is 10.0. The van der Waals surface area contributed by atoms with Crippen LogP contribution in [0.15, 0.2) is 54.6 Å². The number of Topliss-reactive ketones (excluding diaryl/α,β-unsaturated/α-hetero) is 1. The van der Waals surface area contributed by atoms with Gasteiger partial charge in [-0.1, -0.05) is 35.9 Å². The molecular weight excluding hydrogens is 369 g/mol. The fourth-order valence-corrected chi connectivity index (χ4v) is 4.10. The molecule has 0 atom stereocenters. The molecule has 0 saturated carbocycles. The van der Waals surface area contributed by atoms with E-state index < -0.39 is 11.7 Å². The highest BCUT2D eigenvalue weighted by atomic mass is 32.1. The number of ketones is 1. The van der Waals surface area contributed by atoms with Crippen LogP contribution in [0.5, 0.6) is 0 Å². The predicted molar refractivity (Wildman–Crippen MR) is 103 cm³/mol. The van der Waals surface area contributed by atoms with E-state index in [1.165, 1.54) is 23.5 Å². The van der Waals surface area contributed by atoms with Gasteiger partial charge in [0.2, 0.25) is 0 Å². The van der Waals surface area contributed by atoms with Crippen LogP contribution >= 0.6 is 11.3 Å². The molecule has 0 unspecified atom stereocenters. The third-order valence-electron chi connectivity index (χ3n) is 4.44. The lowest BCUT2D eigenvalue weighted by Gasteiger charge is -2.06. The Labute approximate surface area is 160 Å².